The highest BCUT2D eigenvalue weighted by molar-refractivity contribution is 5.92. The summed E-state index contributed by atoms with van der Waals surface area (Å²) in [5.41, 5.74) is 0.916. The van der Waals surface area contributed by atoms with Crippen LogP contribution >= 0.6 is 0 Å². The minimum Gasteiger partial charge on any atom is -0.482 e. The fourth-order valence-corrected chi connectivity index (χ4v) is 2.70. The summed E-state index contributed by atoms with van der Waals surface area (Å²) in [6, 6.07) is 9.13. The van der Waals surface area contributed by atoms with Gasteiger partial charge in [-0.1, -0.05) is 18.2 Å². The fraction of sp³-hybridized carbons (Fsp3) is 0.211. The summed E-state index contributed by atoms with van der Waals surface area (Å²) >= 11 is 0. The van der Waals surface area contributed by atoms with Gasteiger partial charge in [-0.2, -0.15) is 5.10 Å². The molecule has 0 saturated carbocycles. The van der Waals surface area contributed by atoms with Gasteiger partial charge in [-0.15, -0.1) is 0 Å². The number of amides is 1. The van der Waals surface area contributed by atoms with Crippen LogP contribution < -0.4 is 10.1 Å². The van der Waals surface area contributed by atoms with Crippen LogP contribution in [0.25, 0.3) is 10.9 Å². The third kappa shape index (κ3) is 3.68. The van der Waals surface area contributed by atoms with E-state index in [0.717, 1.165) is 10.9 Å². The number of rotatable bonds is 6. The van der Waals surface area contributed by atoms with E-state index in [-0.39, 0.29) is 24.2 Å². The van der Waals surface area contributed by atoms with Crippen LogP contribution in [0.15, 0.2) is 47.2 Å². The second kappa shape index (κ2) is 7.47. The van der Waals surface area contributed by atoms with Gasteiger partial charge >= 0.3 is 0 Å². The minimum absolute atomic E-state index is 0.0820. The number of oxazole rings is 1. The molecule has 0 aliphatic rings. The Hall–Kier alpha value is -3.75. The van der Waals surface area contributed by atoms with Crippen LogP contribution in [-0.4, -0.2) is 31.1 Å². The highest BCUT2D eigenvalue weighted by Crippen LogP contribution is 2.23. The molecule has 0 unspecified atom stereocenters. The van der Waals surface area contributed by atoms with Crippen molar-refractivity contribution in [2.75, 3.05) is 0 Å². The SMILES string of the molecule is Cc1nc([C@H](C)NC(=O)c2coc(COc3cccc4cccnc34)n2)n[nH]1. The molecule has 1 aromatic carbocycles. The normalized spacial score (nSPS) is 12.1. The molecule has 0 fully saturated rings. The smallest absolute Gasteiger partial charge is 0.273 e. The maximum absolute atomic E-state index is 12.3. The number of aromatic amines is 1. The van der Waals surface area contributed by atoms with Gasteiger partial charge in [0.2, 0.25) is 5.89 Å². The molecule has 0 aliphatic heterocycles. The van der Waals surface area contributed by atoms with E-state index >= 15 is 0 Å². The molecular weight excluding hydrogens is 360 g/mol. The summed E-state index contributed by atoms with van der Waals surface area (Å²) in [5, 5.41) is 10.5. The number of nitrogens with one attached hydrogen (secondary N) is 2. The number of ether oxygens (including phenoxy) is 1. The van der Waals surface area contributed by atoms with Crippen LogP contribution in [-0.2, 0) is 6.61 Å². The third-order valence-corrected chi connectivity index (χ3v) is 4.08. The summed E-state index contributed by atoms with van der Waals surface area (Å²) in [6.45, 7) is 3.66. The maximum atomic E-state index is 12.3. The number of H-pyrrole nitrogens is 1. The molecule has 28 heavy (non-hydrogen) atoms. The number of para-hydroxylation sites is 1. The number of carbonyl (C=O) groups excluding carboxylic acids is 1. The van der Waals surface area contributed by atoms with Crippen LogP contribution in [0.4, 0.5) is 0 Å². The van der Waals surface area contributed by atoms with Crippen LogP contribution in [0.3, 0.4) is 0 Å². The second-order valence-corrected chi connectivity index (χ2v) is 6.22. The molecule has 0 bridgehead atoms. The zero-order valence-corrected chi connectivity index (χ0v) is 15.3. The first-order valence-corrected chi connectivity index (χ1v) is 8.71. The van der Waals surface area contributed by atoms with Gasteiger partial charge < -0.3 is 14.5 Å². The number of benzene rings is 1. The van der Waals surface area contributed by atoms with Crippen molar-refractivity contribution in [3.05, 3.63) is 66.0 Å². The summed E-state index contributed by atoms with van der Waals surface area (Å²) < 4.78 is 11.1. The fourth-order valence-electron chi connectivity index (χ4n) is 2.70. The molecule has 9 nitrogen and oxygen atoms in total. The van der Waals surface area contributed by atoms with Crippen LogP contribution in [0, 0.1) is 6.92 Å². The summed E-state index contributed by atoms with van der Waals surface area (Å²) in [4.78, 5) is 25.1. The highest BCUT2D eigenvalue weighted by Gasteiger charge is 2.18. The largest absolute Gasteiger partial charge is 0.482 e. The standard InChI is InChI=1S/C19H18N6O3/c1-11(18-22-12(2)24-25-18)21-19(26)14-9-28-16(23-14)10-27-15-7-3-5-13-6-4-8-20-17(13)15/h3-9,11H,10H2,1-2H3,(H,21,26)(H,22,24,25)/t11-/m0/s1. The number of fused-ring (bicyclic) bond motifs is 1. The number of carbonyl (C=O) groups is 1. The van der Waals surface area contributed by atoms with Gasteiger partial charge in [-0.3, -0.25) is 14.9 Å². The molecule has 1 amide bonds. The average molecular weight is 378 g/mol. The molecule has 0 radical (unpaired) electrons. The van der Waals surface area contributed by atoms with Gasteiger partial charge in [-0.05, 0) is 26.0 Å². The quantitative estimate of drug-likeness (QED) is 0.529. The van der Waals surface area contributed by atoms with E-state index in [0.29, 0.717) is 23.3 Å². The Morgan fingerprint density at radius 1 is 1.29 bits per heavy atom. The molecule has 2 N–H and O–H groups in total. The molecule has 0 saturated heterocycles. The lowest BCUT2D eigenvalue weighted by molar-refractivity contribution is 0.0933. The topological polar surface area (TPSA) is 119 Å². The Bertz CT molecular complexity index is 1110. The summed E-state index contributed by atoms with van der Waals surface area (Å²) in [7, 11) is 0. The van der Waals surface area contributed by atoms with E-state index in [9.17, 15) is 4.79 Å². The first-order valence-electron chi connectivity index (χ1n) is 8.71. The number of aryl methyl sites for hydroxylation is 1. The molecule has 0 spiro atoms. The van der Waals surface area contributed by atoms with Crippen molar-refractivity contribution in [1.82, 2.24) is 30.5 Å². The second-order valence-electron chi connectivity index (χ2n) is 6.22. The van der Waals surface area contributed by atoms with Crippen molar-refractivity contribution < 1.29 is 13.9 Å². The Kier molecular flexibility index (Phi) is 4.71. The van der Waals surface area contributed by atoms with Crippen molar-refractivity contribution in [3.63, 3.8) is 0 Å². The Morgan fingerprint density at radius 3 is 2.96 bits per heavy atom. The predicted molar refractivity (Wildman–Crippen MR) is 99.6 cm³/mol. The zero-order valence-electron chi connectivity index (χ0n) is 15.3. The number of nitrogens with zero attached hydrogens (tertiary/aromatic N) is 4. The van der Waals surface area contributed by atoms with E-state index in [4.69, 9.17) is 9.15 Å². The van der Waals surface area contributed by atoms with Gasteiger partial charge in [0, 0.05) is 11.6 Å². The molecule has 3 heterocycles. The molecule has 142 valence electrons. The van der Waals surface area contributed by atoms with E-state index in [1.165, 1.54) is 6.26 Å². The zero-order chi connectivity index (χ0) is 19.5. The van der Waals surface area contributed by atoms with Gasteiger partial charge in [0.15, 0.2) is 18.1 Å². The van der Waals surface area contributed by atoms with E-state index < -0.39 is 0 Å². The number of aromatic nitrogens is 5. The Balaban J connectivity index is 1.40. The monoisotopic (exact) mass is 378 g/mol. The molecule has 4 aromatic rings. The van der Waals surface area contributed by atoms with Crippen molar-refractivity contribution in [1.29, 1.82) is 0 Å². The number of hydrogen-bond acceptors (Lipinski definition) is 7. The maximum Gasteiger partial charge on any atom is 0.273 e. The lowest BCUT2D eigenvalue weighted by Gasteiger charge is -2.08. The third-order valence-electron chi connectivity index (χ3n) is 4.08. The van der Waals surface area contributed by atoms with Gasteiger partial charge in [0.05, 0.1) is 6.04 Å². The Morgan fingerprint density at radius 2 is 2.14 bits per heavy atom. The number of pyridine rings is 1. The molecule has 1 atom stereocenters. The highest BCUT2D eigenvalue weighted by atomic mass is 16.5. The average Bonchev–Trinajstić information content (AvgIpc) is 3.35. The predicted octanol–water partition coefficient (Wildman–Crippen LogP) is 2.72. The van der Waals surface area contributed by atoms with Gasteiger partial charge in [0.1, 0.15) is 23.4 Å². The van der Waals surface area contributed by atoms with E-state index in [2.05, 4.69) is 30.5 Å². The van der Waals surface area contributed by atoms with Gasteiger partial charge in [-0.25, -0.2) is 9.97 Å². The van der Waals surface area contributed by atoms with Crippen molar-refractivity contribution >= 4 is 16.8 Å². The first kappa shape index (κ1) is 17.7. The van der Waals surface area contributed by atoms with Crippen molar-refractivity contribution in [2.24, 2.45) is 0 Å². The van der Waals surface area contributed by atoms with Crippen molar-refractivity contribution in [2.45, 2.75) is 26.5 Å². The minimum atomic E-state index is -0.378. The Labute approximate surface area is 160 Å². The molecule has 0 aliphatic carbocycles. The lowest BCUT2D eigenvalue weighted by atomic mass is 10.2. The summed E-state index contributed by atoms with van der Waals surface area (Å²) in [5.74, 6) is 1.72. The van der Waals surface area contributed by atoms with Gasteiger partial charge in [0.25, 0.3) is 5.91 Å². The van der Waals surface area contributed by atoms with E-state index in [1.807, 2.05) is 30.3 Å². The molecule has 3 aromatic heterocycles. The van der Waals surface area contributed by atoms with E-state index in [1.54, 1.807) is 20.0 Å². The lowest BCUT2D eigenvalue weighted by Crippen LogP contribution is -2.27. The molecular formula is C19H18N6O3. The first-order chi connectivity index (χ1) is 13.6. The van der Waals surface area contributed by atoms with Crippen LogP contribution in [0.1, 0.15) is 41.0 Å². The molecule has 4 rings (SSSR count). The summed E-state index contributed by atoms with van der Waals surface area (Å²) in [6.07, 6.45) is 3.00. The van der Waals surface area contributed by atoms with Crippen LogP contribution in [0.2, 0.25) is 0 Å². The molecule has 9 heteroatoms. The van der Waals surface area contributed by atoms with Crippen LogP contribution in [0.5, 0.6) is 5.75 Å². The number of hydrogen-bond donors (Lipinski definition) is 2. The van der Waals surface area contributed by atoms with Crippen molar-refractivity contribution in [3.8, 4) is 5.75 Å².